The van der Waals surface area contributed by atoms with Gasteiger partial charge in [0.1, 0.15) is 17.7 Å². The molecule has 2 atom stereocenters. The highest BCUT2D eigenvalue weighted by Gasteiger charge is 2.27. The molecule has 1 fully saturated rings. The number of halogens is 1. The SMILES string of the molecule is C[C@@H]1CNCCN1c1ccc2c(n1)[C@@H](OCc1cccc(F)c1)CC2. The number of anilines is 1. The van der Waals surface area contributed by atoms with E-state index in [2.05, 4.69) is 29.3 Å². The van der Waals surface area contributed by atoms with Crippen LogP contribution in [0.5, 0.6) is 0 Å². The first-order chi connectivity index (χ1) is 12.2. The lowest BCUT2D eigenvalue weighted by molar-refractivity contribution is 0.0385. The normalized spacial score (nSPS) is 22.9. The first kappa shape index (κ1) is 16.5. The van der Waals surface area contributed by atoms with Gasteiger partial charge in [-0.25, -0.2) is 9.37 Å². The van der Waals surface area contributed by atoms with Crippen molar-refractivity contribution in [2.45, 2.75) is 38.5 Å². The molecule has 1 aliphatic heterocycles. The van der Waals surface area contributed by atoms with Gasteiger partial charge in [-0.2, -0.15) is 0 Å². The van der Waals surface area contributed by atoms with Crippen molar-refractivity contribution in [1.82, 2.24) is 10.3 Å². The molecule has 1 aromatic heterocycles. The van der Waals surface area contributed by atoms with Gasteiger partial charge in [0, 0.05) is 25.7 Å². The summed E-state index contributed by atoms with van der Waals surface area (Å²) < 4.78 is 19.4. The van der Waals surface area contributed by atoms with E-state index < -0.39 is 0 Å². The van der Waals surface area contributed by atoms with E-state index in [1.54, 1.807) is 6.07 Å². The maximum Gasteiger partial charge on any atom is 0.129 e. The molecule has 5 heteroatoms. The van der Waals surface area contributed by atoms with Crippen molar-refractivity contribution in [2.75, 3.05) is 24.5 Å². The van der Waals surface area contributed by atoms with Crippen LogP contribution in [0.25, 0.3) is 0 Å². The van der Waals surface area contributed by atoms with E-state index in [0.29, 0.717) is 12.6 Å². The molecular formula is C20H24FN3O. The Hall–Kier alpha value is -1.98. The predicted octanol–water partition coefficient (Wildman–Crippen LogP) is 3.22. The van der Waals surface area contributed by atoms with Crippen LogP contribution < -0.4 is 10.2 Å². The van der Waals surface area contributed by atoms with Crippen molar-refractivity contribution in [3.05, 3.63) is 59.0 Å². The first-order valence-electron chi connectivity index (χ1n) is 9.04. The molecule has 1 N–H and O–H groups in total. The van der Waals surface area contributed by atoms with Gasteiger partial charge in [-0.05, 0) is 49.1 Å². The van der Waals surface area contributed by atoms with Crippen LogP contribution in [0.1, 0.15) is 36.3 Å². The molecular weight excluding hydrogens is 317 g/mol. The quantitative estimate of drug-likeness (QED) is 0.926. The Labute approximate surface area is 148 Å². The van der Waals surface area contributed by atoms with E-state index in [9.17, 15) is 4.39 Å². The largest absolute Gasteiger partial charge is 0.367 e. The van der Waals surface area contributed by atoms with Gasteiger partial charge in [0.05, 0.1) is 12.3 Å². The third-order valence-corrected chi connectivity index (χ3v) is 5.11. The Morgan fingerprint density at radius 2 is 2.24 bits per heavy atom. The van der Waals surface area contributed by atoms with Crippen LogP contribution in [0.2, 0.25) is 0 Å². The van der Waals surface area contributed by atoms with Gasteiger partial charge in [-0.15, -0.1) is 0 Å². The van der Waals surface area contributed by atoms with Gasteiger partial charge in [-0.1, -0.05) is 18.2 Å². The van der Waals surface area contributed by atoms with Crippen LogP contribution in [-0.4, -0.2) is 30.7 Å². The van der Waals surface area contributed by atoms with Crippen molar-refractivity contribution in [3.63, 3.8) is 0 Å². The zero-order valence-corrected chi connectivity index (χ0v) is 14.5. The van der Waals surface area contributed by atoms with E-state index in [0.717, 1.165) is 49.6 Å². The van der Waals surface area contributed by atoms with Crippen molar-refractivity contribution in [3.8, 4) is 0 Å². The number of ether oxygens (including phenoxy) is 1. The van der Waals surface area contributed by atoms with Crippen molar-refractivity contribution in [2.24, 2.45) is 0 Å². The van der Waals surface area contributed by atoms with Crippen LogP contribution in [-0.2, 0) is 17.8 Å². The molecule has 4 rings (SSSR count). The topological polar surface area (TPSA) is 37.4 Å². The van der Waals surface area contributed by atoms with Crippen LogP contribution in [0.15, 0.2) is 36.4 Å². The Bertz CT molecular complexity index is 751. The van der Waals surface area contributed by atoms with Gasteiger partial charge in [-0.3, -0.25) is 0 Å². The summed E-state index contributed by atoms with van der Waals surface area (Å²) in [6.07, 6.45) is 1.93. The highest BCUT2D eigenvalue weighted by atomic mass is 19.1. The average Bonchev–Trinajstić information content (AvgIpc) is 3.03. The Morgan fingerprint density at radius 1 is 1.32 bits per heavy atom. The summed E-state index contributed by atoms with van der Waals surface area (Å²) >= 11 is 0. The standard InChI is InChI=1S/C20H24FN3O/c1-14-12-22-9-10-24(14)19-8-6-16-5-7-18(20(16)23-19)25-13-15-3-2-4-17(21)11-15/h2-4,6,8,11,14,18,22H,5,7,9-10,12-13H2,1H3/t14-,18+/m1/s1. The number of piperazine rings is 1. The molecule has 0 saturated carbocycles. The second kappa shape index (κ2) is 7.10. The maximum absolute atomic E-state index is 13.3. The van der Waals surface area contributed by atoms with Gasteiger partial charge in [0.25, 0.3) is 0 Å². The fraction of sp³-hybridized carbons (Fsp3) is 0.450. The van der Waals surface area contributed by atoms with E-state index in [-0.39, 0.29) is 11.9 Å². The Balaban J connectivity index is 1.50. The molecule has 4 nitrogen and oxygen atoms in total. The van der Waals surface area contributed by atoms with E-state index >= 15 is 0 Å². The van der Waals surface area contributed by atoms with Gasteiger partial charge < -0.3 is 15.0 Å². The van der Waals surface area contributed by atoms with Crippen LogP contribution >= 0.6 is 0 Å². The number of pyridine rings is 1. The second-order valence-electron chi connectivity index (χ2n) is 6.93. The minimum atomic E-state index is -0.221. The zero-order valence-electron chi connectivity index (χ0n) is 14.5. The Morgan fingerprint density at radius 3 is 3.08 bits per heavy atom. The lowest BCUT2D eigenvalue weighted by Gasteiger charge is -2.35. The molecule has 2 aromatic rings. The number of nitrogens with one attached hydrogen (secondary N) is 1. The van der Waals surface area contributed by atoms with E-state index in [4.69, 9.17) is 9.72 Å². The van der Waals surface area contributed by atoms with Crippen LogP contribution in [0, 0.1) is 5.82 Å². The number of hydrogen-bond acceptors (Lipinski definition) is 4. The van der Waals surface area contributed by atoms with Crippen LogP contribution in [0.3, 0.4) is 0 Å². The second-order valence-corrected chi connectivity index (χ2v) is 6.93. The number of rotatable bonds is 4. The summed E-state index contributed by atoms with van der Waals surface area (Å²) in [6.45, 7) is 5.58. The monoisotopic (exact) mass is 341 g/mol. The lowest BCUT2D eigenvalue weighted by Crippen LogP contribution is -2.50. The molecule has 1 saturated heterocycles. The smallest absolute Gasteiger partial charge is 0.129 e. The molecule has 25 heavy (non-hydrogen) atoms. The molecule has 0 spiro atoms. The molecule has 132 valence electrons. The number of aryl methyl sites for hydroxylation is 1. The molecule has 0 amide bonds. The summed E-state index contributed by atoms with van der Waals surface area (Å²) in [6, 6.07) is 11.4. The molecule has 2 aliphatic rings. The lowest BCUT2D eigenvalue weighted by atomic mass is 10.2. The first-order valence-corrected chi connectivity index (χ1v) is 9.04. The van der Waals surface area contributed by atoms with E-state index in [1.165, 1.54) is 17.7 Å². The van der Waals surface area contributed by atoms with E-state index in [1.807, 2.05) is 6.07 Å². The van der Waals surface area contributed by atoms with Crippen LogP contribution in [0.4, 0.5) is 10.2 Å². The number of benzene rings is 1. The Kier molecular flexibility index (Phi) is 4.68. The molecule has 0 radical (unpaired) electrons. The third-order valence-electron chi connectivity index (χ3n) is 5.11. The zero-order chi connectivity index (χ0) is 17.2. The summed E-state index contributed by atoms with van der Waals surface area (Å²) in [5, 5.41) is 3.41. The summed E-state index contributed by atoms with van der Waals surface area (Å²) in [7, 11) is 0. The highest BCUT2D eigenvalue weighted by Crippen LogP contribution is 2.35. The molecule has 0 bridgehead atoms. The predicted molar refractivity (Wildman–Crippen MR) is 96.2 cm³/mol. The third kappa shape index (κ3) is 3.53. The maximum atomic E-state index is 13.3. The number of fused-ring (bicyclic) bond motifs is 1. The summed E-state index contributed by atoms with van der Waals surface area (Å²) in [5.74, 6) is 0.815. The minimum absolute atomic E-state index is 0.00330. The molecule has 0 unspecified atom stereocenters. The summed E-state index contributed by atoms with van der Waals surface area (Å²) in [4.78, 5) is 7.30. The highest BCUT2D eigenvalue weighted by molar-refractivity contribution is 5.45. The molecule has 2 heterocycles. The fourth-order valence-corrected chi connectivity index (χ4v) is 3.73. The van der Waals surface area contributed by atoms with Gasteiger partial charge in [0.2, 0.25) is 0 Å². The molecule has 1 aromatic carbocycles. The fourth-order valence-electron chi connectivity index (χ4n) is 3.73. The minimum Gasteiger partial charge on any atom is -0.367 e. The van der Waals surface area contributed by atoms with Crippen molar-refractivity contribution >= 4 is 5.82 Å². The van der Waals surface area contributed by atoms with Gasteiger partial charge in [0.15, 0.2) is 0 Å². The number of nitrogens with zero attached hydrogens (tertiary/aromatic N) is 2. The average molecular weight is 341 g/mol. The van der Waals surface area contributed by atoms with Crippen molar-refractivity contribution < 1.29 is 9.13 Å². The number of hydrogen-bond donors (Lipinski definition) is 1. The molecule has 1 aliphatic carbocycles. The van der Waals surface area contributed by atoms with Gasteiger partial charge >= 0.3 is 0 Å². The number of aromatic nitrogens is 1. The summed E-state index contributed by atoms with van der Waals surface area (Å²) in [5.41, 5.74) is 3.19. The van der Waals surface area contributed by atoms with Crippen molar-refractivity contribution in [1.29, 1.82) is 0 Å².